The highest BCUT2D eigenvalue weighted by atomic mass is 16.6. The maximum Gasteiger partial charge on any atom is 0.315 e. The first-order valence-corrected chi connectivity index (χ1v) is 9.54. The van der Waals surface area contributed by atoms with Crippen molar-refractivity contribution in [2.75, 3.05) is 13.2 Å². The molecule has 30 heavy (non-hydrogen) atoms. The van der Waals surface area contributed by atoms with Crippen molar-refractivity contribution in [1.29, 1.82) is 0 Å². The molecule has 1 unspecified atom stereocenters. The average molecular weight is 415 g/mol. The van der Waals surface area contributed by atoms with Crippen molar-refractivity contribution in [1.82, 2.24) is 5.43 Å². The number of nitrogens with one attached hydrogen (secondary N) is 1. The Balaban J connectivity index is 1.95. The summed E-state index contributed by atoms with van der Waals surface area (Å²) in [7, 11) is 0. The van der Waals surface area contributed by atoms with Crippen molar-refractivity contribution in [2.24, 2.45) is 5.10 Å². The zero-order valence-electron chi connectivity index (χ0n) is 17.1. The van der Waals surface area contributed by atoms with Gasteiger partial charge in [0.25, 0.3) is 5.91 Å². The van der Waals surface area contributed by atoms with Crippen LogP contribution in [-0.4, -0.2) is 35.4 Å². The third kappa shape index (κ3) is 6.20. The Morgan fingerprint density at radius 3 is 2.57 bits per heavy atom. The van der Waals surface area contributed by atoms with Crippen LogP contribution in [0.25, 0.3) is 0 Å². The molecule has 0 saturated carbocycles. The topological polar surface area (TPSA) is 123 Å². The number of phenols is 1. The van der Waals surface area contributed by atoms with Crippen molar-refractivity contribution in [3.05, 3.63) is 57.6 Å². The summed E-state index contributed by atoms with van der Waals surface area (Å²) >= 11 is 0. The number of nitrogens with zero attached hydrogens (tertiary/aromatic N) is 2. The average Bonchev–Trinajstić information content (AvgIpc) is 2.74. The van der Waals surface area contributed by atoms with Gasteiger partial charge in [-0.1, -0.05) is 26.0 Å². The van der Waals surface area contributed by atoms with Crippen LogP contribution < -0.4 is 14.9 Å². The van der Waals surface area contributed by atoms with Crippen LogP contribution in [0.2, 0.25) is 0 Å². The molecule has 2 aromatic carbocycles. The summed E-state index contributed by atoms with van der Waals surface area (Å²) in [4.78, 5) is 22.2. The van der Waals surface area contributed by atoms with E-state index in [4.69, 9.17) is 9.47 Å². The minimum atomic E-state index is -0.728. The predicted octanol–water partition coefficient (Wildman–Crippen LogP) is 3.74. The molecule has 0 fully saturated rings. The minimum Gasteiger partial charge on any atom is -0.500 e. The van der Waals surface area contributed by atoms with E-state index in [2.05, 4.69) is 24.4 Å². The van der Waals surface area contributed by atoms with Gasteiger partial charge in [0.05, 0.1) is 17.7 Å². The van der Waals surface area contributed by atoms with E-state index in [0.717, 1.165) is 12.5 Å². The number of hydrogen-bond acceptors (Lipinski definition) is 7. The molecule has 2 rings (SSSR count). The fraction of sp³-hybridized carbons (Fsp3) is 0.333. The number of nitro benzene ring substituents is 1. The number of rotatable bonds is 10. The number of hydrazone groups is 1. The Bertz CT molecular complexity index is 912. The molecule has 160 valence electrons. The quantitative estimate of drug-likeness (QED) is 0.346. The second-order valence-electron chi connectivity index (χ2n) is 6.54. The molecule has 0 heterocycles. The van der Waals surface area contributed by atoms with E-state index >= 15 is 0 Å². The summed E-state index contributed by atoms with van der Waals surface area (Å²) in [5.41, 5.74) is 3.26. The summed E-state index contributed by atoms with van der Waals surface area (Å²) in [6.45, 7) is 5.93. The van der Waals surface area contributed by atoms with E-state index in [1.54, 1.807) is 6.92 Å². The zero-order chi connectivity index (χ0) is 22.1. The van der Waals surface area contributed by atoms with Crippen LogP contribution in [0.5, 0.6) is 17.2 Å². The number of nitro groups is 1. The van der Waals surface area contributed by atoms with Crippen LogP contribution in [-0.2, 0) is 4.79 Å². The molecule has 0 aromatic heterocycles. The van der Waals surface area contributed by atoms with Crippen LogP contribution in [0, 0.1) is 10.1 Å². The van der Waals surface area contributed by atoms with Gasteiger partial charge in [-0.05, 0) is 43.0 Å². The molecule has 9 heteroatoms. The van der Waals surface area contributed by atoms with Crippen LogP contribution in [0.1, 0.15) is 44.2 Å². The predicted molar refractivity (Wildman–Crippen MR) is 112 cm³/mol. The van der Waals surface area contributed by atoms with Gasteiger partial charge in [-0.3, -0.25) is 14.9 Å². The lowest BCUT2D eigenvalue weighted by molar-refractivity contribution is -0.386. The van der Waals surface area contributed by atoms with E-state index in [0.29, 0.717) is 11.7 Å². The lowest BCUT2D eigenvalue weighted by Crippen LogP contribution is -2.24. The second-order valence-corrected chi connectivity index (χ2v) is 6.54. The van der Waals surface area contributed by atoms with E-state index in [1.807, 2.05) is 24.3 Å². The van der Waals surface area contributed by atoms with Crippen molar-refractivity contribution in [3.63, 3.8) is 0 Å². The van der Waals surface area contributed by atoms with E-state index in [1.165, 1.54) is 17.8 Å². The third-order valence-electron chi connectivity index (χ3n) is 4.41. The number of benzene rings is 2. The molecule has 0 bridgehead atoms. The number of phenolic OH excluding ortho intramolecular Hbond substituents is 1. The minimum absolute atomic E-state index is 0.0383. The molecule has 2 N–H and O–H groups in total. The highest BCUT2D eigenvalue weighted by Crippen LogP contribution is 2.36. The molecule has 1 amide bonds. The van der Waals surface area contributed by atoms with Gasteiger partial charge >= 0.3 is 5.69 Å². The third-order valence-corrected chi connectivity index (χ3v) is 4.41. The molecule has 0 spiro atoms. The lowest BCUT2D eigenvalue weighted by Gasteiger charge is -2.10. The Morgan fingerprint density at radius 2 is 1.97 bits per heavy atom. The highest BCUT2D eigenvalue weighted by molar-refractivity contribution is 5.85. The number of carbonyl (C=O) groups excluding carboxylic acids is 1. The summed E-state index contributed by atoms with van der Waals surface area (Å²) in [6, 6.07) is 10.1. The van der Waals surface area contributed by atoms with Gasteiger partial charge in [0.1, 0.15) is 5.75 Å². The first-order valence-electron chi connectivity index (χ1n) is 9.54. The van der Waals surface area contributed by atoms with E-state index in [9.17, 15) is 20.0 Å². The number of carbonyl (C=O) groups is 1. The molecule has 0 saturated heterocycles. The van der Waals surface area contributed by atoms with E-state index < -0.39 is 22.3 Å². The van der Waals surface area contributed by atoms with Gasteiger partial charge < -0.3 is 14.6 Å². The summed E-state index contributed by atoms with van der Waals surface area (Å²) in [6.07, 6.45) is 2.25. The number of ether oxygens (including phenoxy) is 2. The fourth-order valence-corrected chi connectivity index (χ4v) is 2.58. The second kappa shape index (κ2) is 10.8. The molecule has 0 aliphatic carbocycles. The zero-order valence-corrected chi connectivity index (χ0v) is 17.1. The van der Waals surface area contributed by atoms with Crippen molar-refractivity contribution in [2.45, 2.75) is 33.1 Å². The monoisotopic (exact) mass is 415 g/mol. The first kappa shape index (κ1) is 22.7. The Hall–Kier alpha value is -3.62. The van der Waals surface area contributed by atoms with Gasteiger partial charge in [-0.2, -0.15) is 5.10 Å². The summed E-state index contributed by atoms with van der Waals surface area (Å²) in [5, 5.41) is 24.7. The molecule has 0 aliphatic rings. The summed E-state index contributed by atoms with van der Waals surface area (Å²) in [5.74, 6) is -0.0673. The molecule has 0 radical (unpaired) electrons. The van der Waals surface area contributed by atoms with Crippen molar-refractivity contribution >= 4 is 17.8 Å². The van der Waals surface area contributed by atoms with Gasteiger partial charge in [-0.25, -0.2) is 5.43 Å². The molecule has 1 atom stereocenters. The van der Waals surface area contributed by atoms with Crippen molar-refractivity contribution in [3.8, 4) is 17.2 Å². The molecule has 0 aliphatic heterocycles. The highest BCUT2D eigenvalue weighted by Gasteiger charge is 2.19. The van der Waals surface area contributed by atoms with Crippen LogP contribution >= 0.6 is 0 Å². The molecule has 2 aromatic rings. The van der Waals surface area contributed by atoms with Gasteiger partial charge in [-0.15, -0.1) is 0 Å². The van der Waals surface area contributed by atoms with Gasteiger partial charge in [0, 0.05) is 11.6 Å². The number of aromatic hydroxyl groups is 1. The van der Waals surface area contributed by atoms with Crippen LogP contribution in [0.4, 0.5) is 5.69 Å². The molecular weight excluding hydrogens is 390 g/mol. The fourth-order valence-electron chi connectivity index (χ4n) is 2.58. The van der Waals surface area contributed by atoms with Crippen LogP contribution in [0.15, 0.2) is 41.5 Å². The molecule has 9 nitrogen and oxygen atoms in total. The maximum absolute atomic E-state index is 11.9. The normalized spacial score (nSPS) is 11.8. The van der Waals surface area contributed by atoms with E-state index in [-0.39, 0.29) is 24.5 Å². The maximum atomic E-state index is 11.9. The van der Waals surface area contributed by atoms with Gasteiger partial charge in [0.2, 0.25) is 5.75 Å². The Labute approximate surface area is 174 Å². The van der Waals surface area contributed by atoms with Gasteiger partial charge in [0.15, 0.2) is 12.4 Å². The number of hydrogen-bond donors (Lipinski definition) is 2. The van der Waals surface area contributed by atoms with Crippen LogP contribution in [0.3, 0.4) is 0 Å². The lowest BCUT2D eigenvalue weighted by atomic mass is 9.99. The largest absolute Gasteiger partial charge is 0.500 e. The first-order chi connectivity index (χ1) is 14.3. The molecular formula is C21H25N3O6. The van der Waals surface area contributed by atoms with Crippen molar-refractivity contribution < 1.29 is 24.3 Å². The Kier molecular flexibility index (Phi) is 8.16. The standard InChI is InChI=1S/C21H25N3O6/c1-4-14(3)16-6-8-17(9-7-16)30-13-20(25)23-22-12-15-10-18(24(27)28)21(26)19(11-15)29-5-2/h6-12,14,26H,4-5,13H2,1-3H3,(H,23,25). The summed E-state index contributed by atoms with van der Waals surface area (Å²) < 4.78 is 10.6. The SMILES string of the molecule is CCOc1cc(C=NNC(=O)COc2ccc(C(C)CC)cc2)cc([N+](=O)[O-])c1O. The smallest absolute Gasteiger partial charge is 0.315 e. The number of amides is 1. The Morgan fingerprint density at radius 1 is 1.27 bits per heavy atom.